The molecule has 1 aromatic rings. The number of hydrogen-bond donors (Lipinski definition) is 1. The van der Waals surface area contributed by atoms with Gasteiger partial charge in [-0.25, -0.2) is 0 Å². The van der Waals surface area contributed by atoms with Crippen LogP contribution in [0.1, 0.15) is 30.9 Å². The van der Waals surface area contributed by atoms with Gasteiger partial charge in [-0.1, -0.05) is 19.1 Å². The highest BCUT2D eigenvalue weighted by atomic mass is 19.4. The molecule has 0 saturated heterocycles. The van der Waals surface area contributed by atoms with Gasteiger partial charge in [0, 0.05) is 6.04 Å². The minimum Gasteiger partial charge on any atom is -0.317 e. The van der Waals surface area contributed by atoms with E-state index in [9.17, 15) is 13.2 Å². The fourth-order valence-electron chi connectivity index (χ4n) is 1.51. The molecule has 1 nitrogen and oxygen atoms in total. The molecule has 4 heteroatoms. The average Bonchev–Trinajstić information content (AvgIpc) is 2.26. The van der Waals surface area contributed by atoms with E-state index in [2.05, 4.69) is 5.32 Å². The van der Waals surface area contributed by atoms with E-state index in [1.165, 1.54) is 0 Å². The van der Waals surface area contributed by atoms with Crippen LogP contribution in [-0.2, 0) is 6.18 Å². The Labute approximate surface area is 93.7 Å². The third-order valence-electron chi connectivity index (χ3n) is 2.97. The van der Waals surface area contributed by atoms with Crippen LogP contribution in [0.3, 0.4) is 0 Å². The normalized spacial score (nSPS) is 15.9. The van der Waals surface area contributed by atoms with Crippen molar-refractivity contribution in [3.05, 3.63) is 35.4 Å². The van der Waals surface area contributed by atoms with Crippen molar-refractivity contribution < 1.29 is 13.2 Å². The van der Waals surface area contributed by atoms with Gasteiger partial charge in [0.1, 0.15) is 0 Å². The lowest BCUT2D eigenvalue weighted by Crippen LogP contribution is -2.27. The van der Waals surface area contributed by atoms with Crippen LogP contribution in [0.4, 0.5) is 13.2 Å². The van der Waals surface area contributed by atoms with Crippen molar-refractivity contribution in [1.29, 1.82) is 0 Å². The van der Waals surface area contributed by atoms with E-state index in [0.29, 0.717) is 0 Å². The quantitative estimate of drug-likeness (QED) is 0.840. The maximum Gasteiger partial charge on any atom is 0.416 e. The maximum absolute atomic E-state index is 12.3. The van der Waals surface area contributed by atoms with Gasteiger partial charge >= 0.3 is 6.18 Å². The largest absolute Gasteiger partial charge is 0.416 e. The number of nitrogens with one attached hydrogen (secondary N) is 1. The van der Waals surface area contributed by atoms with E-state index in [4.69, 9.17) is 0 Å². The number of halogens is 3. The van der Waals surface area contributed by atoms with Crippen LogP contribution in [0.25, 0.3) is 0 Å². The summed E-state index contributed by atoms with van der Waals surface area (Å²) in [5.41, 5.74) is 0.315. The van der Waals surface area contributed by atoms with Crippen molar-refractivity contribution in [1.82, 2.24) is 5.32 Å². The Hall–Kier alpha value is -1.03. The zero-order chi connectivity index (χ0) is 12.3. The zero-order valence-corrected chi connectivity index (χ0v) is 9.60. The molecule has 1 N–H and O–H groups in total. The molecule has 0 spiro atoms. The van der Waals surface area contributed by atoms with Gasteiger partial charge in [0.25, 0.3) is 0 Å². The Balaban J connectivity index is 2.87. The Morgan fingerprint density at radius 1 is 1.06 bits per heavy atom. The molecule has 0 saturated carbocycles. The van der Waals surface area contributed by atoms with E-state index in [1.54, 1.807) is 12.1 Å². The van der Waals surface area contributed by atoms with Crippen molar-refractivity contribution >= 4 is 0 Å². The monoisotopic (exact) mass is 231 g/mol. The fourth-order valence-corrected chi connectivity index (χ4v) is 1.51. The van der Waals surface area contributed by atoms with Gasteiger partial charge in [0.15, 0.2) is 0 Å². The van der Waals surface area contributed by atoms with Crippen LogP contribution in [0.2, 0.25) is 0 Å². The van der Waals surface area contributed by atoms with Crippen LogP contribution in [-0.4, -0.2) is 13.1 Å². The molecule has 0 heterocycles. The minimum atomic E-state index is -4.25. The average molecular weight is 231 g/mol. The number of alkyl halides is 3. The molecule has 90 valence electrons. The molecule has 0 radical (unpaired) electrons. The highest BCUT2D eigenvalue weighted by Gasteiger charge is 2.30. The van der Waals surface area contributed by atoms with Gasteiger partial charge < -0.3 is 5.32 Å². The smallest absolute Gasteiger partial charge is 0.317 e. The molecular formula is C12H16F3N. The van der Waals surface area contributed by atoms with Gasteiger partial charge in [-0.05, 0) is 37.6 Å². The van der Waals surface area contributed by atoms with Crippen molar-refractivity contribution in [3.63, 3.8) is 0 Å². The highest BCUT2D eigenvalue weighted by Crippen LogP contribution is 2.30. The van der Waals surface area contributed by atoms with Crippen molar-refractivity contribution in [2.24, 2.45) is 0 Å². The Morgan fingerprint density at radius 3 is 1.94 bits per heavy atom. The van der Waals surface area contributed by atoms with Crippen molar-refractivity contribution in [2.45, 2.75) is 32.0 Å². The molecule has 0 aliphatic rings. The first kappa shape index (κ1) is 13.0. The zero-order valence-electron chi connectivity index (χ0n) is 9.60. The molecule has 16 heavy (non-hydrogen) atoms. The summed E-state index contributed by atoms with van der Waals surface area (Å²) >= 11 is 0. The second-order valence-corrected chi connectivity index (χ2v) is 3.99. The minimum absolute atomic E-state index is 0.187. The molecule has 0 aromatic heterocycles. The van der Waals surface area contributed by atoms with Gasteiger partial charge in [0.05, 0.1) is 5.56 Å². The van der Waals surface area contributed by atoms with E-state index in [1.807, 2.05) is 20.9 Å². The summed E-state index contributed by atoms with van der Waals surface area (Å²) in [4.78, 5) is 0. The van der Waals surface area contributed by atoms with Crippen LogP contribution in [0.15, 0.2) is 24.3 Å². The molecule has 0 aliphatic heterocycles. The first-order valence-corrected chi connectivity index (χ1v) is 5.20. The molecular weight excluding hydrogens is 215 g/mol. The van der Waals surface area contributed by atoms with Crippen LogP contribution in [0.5, 0.6) is 0 Å². The maximum atomic E-state index is 12.3. The Bertz CT molecular complexity index is 329. The molecule has 2 unspecified atom stereocenters. The third kappa shape index (κ3) is 2.98. The lowest BCUT2D eigenvalue weighted by molar-refractivity contribution is -0.137. The third-order valence-corrected chi connectivity index (χ3v) is 2.97. The number of likely N-dealkylation sites (N-methyl/N-ethyl adjacent to an activating group) is 1. The second kappa shape index (κ2) is 4.87. The van der Waals surface area contributed by atoms with Gasteiger partial charge in [-0.3, -0.25) is 0 Å². The number of hydrogen-bond acceptors (Lipinski definition) is 1. The summed E-state index contributed by atoms with van der Waals surface area (Å²) in [6.45, 7) is 3.99. The lowest BCUT2D eigenvalue weighted by atomic mass is 9.94. The van der Waals surface area contributed by atoms with Crippen molar-refractivity contribution in [2.75, 3.05) is 7.05 Å². The fraction of sp³-hybridized carbons (Fsp3) is 0.500. The lowest BCUT2D eigenvalue weighted by Gasteiger charge is -2.20. The second-order valence-electron chi connectivity index (χ2n) is 3.99. The molecule has 1 aromatic carbocycles. The van der Waals surface area contributed by atoms with Gasteiger partial charge in [-0.15, -0.1) is 0 Å². The first-order valence-electron chi connectivity index (χ1n) is 5.20. The van der Waals surface area contributed by atoms with Crippen LogP contribution in [0, 0.1) is 0 Å². The Morgan fingerprint density at radius 2 is 1.56 bits per heavy atom. The molecule has 1 rings (SSSR count). The molecule has 2 atom stereocenters. The van der Waals surface area contributed by atoms with Crippen LogP contribution < -0.4 is 5.32 Å². The molecule has 0 aliphatic carbocycles. The summed E-state index contributed by atoms with van der Waals surface area (Å²) in [6, 6.07) is 5.59. The summed E-state index contributed by atoms with van der Waals surface area (Å²) in [6.07, 6.45) is -4.25. The van der Waals surface area contributed by atoms with Gasteiger partial charge in [0.2, 0.25) is 0 Å². The number of benzene rings is 1. The summed E-state index contributed by atoms with van der Waals surface area (Å²) < 4.78 is 37.0. The van der Waals surface area contributed by atoms with E-state index in [0.717, 1.165) is 17.7 Å². The van der Waals surface area contributed by atoms with E-state index >= 15 is 0 Å². The van der Waals surface area contributed by atoms with E-state index in [-0.39, 0.29) is 12.0 Å². The predicted octanol–water partition coefficient (Wildman–Crippen LogP) is 3.42. The molecule has 0 amide bonds. The summed E-state index contributed by atoms with van der Waals surface area (Å²) in [7, 11) is 1.84. The van der Waals surface area contributed by atoms with Gasteiger partial charge in [-0.2, -0.15) is 13.2 Å². The Kier molecular flexibility index (Phi) is 3.97. The topological polar surface area (TPSA) is 12.0 Å². The first-order chi connectivity index (χ1) is 7.36. The predicted molar refractivity (Wildman–Crippen MR) is 58.4 cm³/mol. The van der Waals surface area contributed by atoms with E-state index < -0.39 is 11.7 Å². The van der Waals surface area contributed by atoms with Crippen molar-refractivity contribution in [3.8, 4) is 0 Å². The SMILES string of the molecule is CNC(C)C(C)c1ccc(C(F)(F)F)cc1. The summed E-state index contributed by atoms with van der Waals surface area (Å²) in [5, 5.41) is 3.09. The summed E-state index contributed by atoms with van der Waals surface area (Å²) in [5.74, 6) is 0.187. The van der Waals surface area contributed by atoms with Crippen LogP contribution >= 0.6 is 0 Å². The number of rotatable bonds is 3. The molecule has 0 fully saturated rings. The standard InChI is InChI=1S/C12H16F3N/c1-8(9(2)16-3)10-4-6-11(7-5-10)12(13,14)15/h4-9,16H,1-3H3. The highest BCUT2D eigenvalue weighted by molar-refractivity contribution is 5.27. The molecule has 0 bridgehead atoms.